The normalized spacial score (nSPS) is 14.5. The van der Waals surface area contributed by atoms with E-state index in [2.05, 4.69) is 24.8 Å². The number of rotatable bonds is 4. The molecule has 0 aliphatic carbocycles. The van der Waals surface area contributed by atoms with Gasteiger partial charge in [-0.2, -0.15) is 4.98 Å². The van der Waals surface area contributed by atoms with E-state index < -0.39 is 5.97 Å². The van der Waals surface area contributed by atoms with Gasteiger partial charge in [0.25, 0.3) is 0 Å². The van der Waals surface area contributed by atoms with Crippen LogP contribution in [0.25, 0.3) is 0 Å². The summed E-state index contributed by atoms with van der Waals surface area (Å²) in [5, 5.41) is 0. The maximum Gasteiger partial charge on any atom is 0.343 e. The lowest BCUT2D eigenvalue weighted by molar-refractivity contribution is 0.0527. The first-order valence-corrected chi connectivity index (χ1v) is 7.75. The number of aromatic nitrogens is 4. The number of nitrogens with two attached hydrogens (primary N) is 1. The third-order valence-electron chi connectivity index (χ3n) is 3.70. The number of carbonyl (C=O) groups is 1. The molecule has 0 aromatic carbocycles. The number of hydrogen-bond donors (Lipinski definition) is 1. The Morgan fingerprint density at radius 2 is 1.75 bits per heavy atom. The van der Waals surface area contributed by atoms with Crippen LogP contribution >= 0.6 is 0 Å². The number of anilines is 3. The summed E-state index contributed by atoms with van der Waals surface area (Å²) in [6.07, 6.45) is 4.88. The fraction of sp³-hybridized carbons (Fsp3) is 0.400. The Morgan fingerprint density at radius 1 is 1.12 bits per heavy atom. The Balaban J connectivity index is 1.66. The van der Waals surface area contributed by atoms with Crippen molar-refractivity contribution < 1.29 is 9.53 Å². The fourth-order valence-electron chi connectivity index (χ4n) is 2.46. The Kier molecular flexibility index (Phi) is 4.69. The third-order valence-corrected chi connectivity index (χ3v) is 3.70. The highest BCUT2D eigenvalue weighted by Gasteiger charge is 2.22. The second-order valence-electron chi connectivity index (χ2n) is 5.21. The second-order valence-corrected chi connectivity index (χ2v) is 5.21. The lowest BCUT2D eigenvalue weighted by atomic mass is 10.3. The average molecular weight is 329 g/mol. The Morgan fingerprint density at radius 3 is 2.33 bits per heavy atom. The number of esters is 1. The first-order chi connectivity index (χ1) is 11.7. The minimum absolute atomic E-state index is 0.132. The summed E-state index contributed by atoms with van der Waals surface area (Å²) >= 11 is 0. The van der Waals surface area contributed by atoms with E-state index in [1.165, 1.54) is 6.20 Å². The zero-order valence-corrected chi connectivity index (χ0v) is 13.4. The zero-order chi connectivity index (χ0) is 16.9. The summed E-state index contributed by atoms with van der Waals surface area (Å²) in [4.78, 5) is 32.9. The molecule has 1 fully saturated rings. The molecule has 0 bridgehead atoms. The van der Waals surface area contributed by atoms with E-state index in [9.17, 15) is 4.79 Å². The quantitative estimate of drug-likeness (QED) is 0.794. The van der Waals surface area contributed by atoms with Crippen LogP contribution in [0, 0.1) is 0 Å². The molecule has 1 saturated heterocycles. The minimum Gasteiger partial charge on any atom is -0.462 e. The topological polar surface area (TPSA) is 110 Å². The van der Waals surface area contributed by atoms with Crippen molar-refractivity contribution in [2.24, 2.45) is 0 Å². The summed E-state index contributed by atoms with van der Waals surface area (Å²) in [5.41, 5.74) is 6.06. The van der Waals surface area contributed by atoms with Gasteiger partial charge in [-0.15, -0.1) is 0 Å². The van der Waals surface area contributed by atoms with Crippen LogP contribution in [0.2, 0.25) is 0 Å². The maximum atomic E-state index is 11.7. The zero-order valence-electron chi connectivity index (χ0n) is 13.4. The van der Waals surface area contributed by atoms with E-state index >= 15 is 0 Å². The van der Waals surface area contributed by atoms with Gasteiger partial charge >= 0.3 is 5.97 Å². The first kappa shape index (κ1) is 15.9. The molecule has 2 N–H and O–H groups in total. The van der Waals surface area contributed by atoms with Crippen molar-refractivity contribution in [3.8, 4) is 0 Å². The lowest BCUT2D eigenvalue weighted by Crippen LogP contribution is -2.47. The molecular weight excluding hydrogens is 310 g/mol. The molecule has 0 unspecified atom stereocenters. The molecule has 0 atom stereocenters. The molecule has 0 spiro atoms. The first-order valence-electron chi connectivity index (χ1n) is 7.75. The van der Waals surface area contributed by atoms with Crippen molar-refractivity contribution in [2.75, 3.05) is 48.3 Å². The summed E-state index contributed by atoms with van der Waals surface area (Å²) in [6.45, 7) is 4.97. The van der Waals surface area contributed by atoms with Crippen molar-refractivity contribution in [1.29, 1.82) is 0 Å². The molecule has 24 heavy (non-hydrogen) atoms. The molecule has 9 heteroatoms. The van der Waals surface area contributed by atoms with Gasteiger partial charge in [0.2, 0.25) is 11.9 Å². The summed E-state index contributed by atoms with van der Waals surface area (Å²) < 4.78 is 4.92. The lowest BCUT2D eigenvalue weighted by Gasteiger charge is -2.34. The van der Waals surface area contributed by atoms with Crippen LogP contribution in [0.3, 0.4) is 0 Å². The smallest absolute Gasteiger partial charge is 0.343 e. The average Bonchev–Trinajstić information content (AvgIpc) is 2.62. The fourth-order valence-corrected chi connectivity index (χ4v) is 2.46. The second kappa shape index (κ2) is 7.07. The third kappa shape index (κ3) is 3.34. The SMILES string of the molecule is CCOC(=O)c1cnc(N2CCN(c3ncccn3)CC2)nc1N. The summed E-state index contributed by atoms with van der Waals surface area (Å²) in [6, 6.07) is 1.79. The van der Waals surface area contributed by atoms with Gasteiger partial charge in [0.05, 0.1) is 6.61 Å². The summed E-state index contributed by atoms with van der Waals surface area (Å²) in [7, 11) is 0. The largest absolute Gasteiger partial charge is 0.462 e. The Bertz CT molecular complexity index is 702. The standard InChI is InChI=1S/C15H19N7O2/c1-2-24-13(23)11-10-19-15(20-12(11)16)22-8-6-21(7-9-22)14-17-4-3-5-18-14/h3-5,10H,2,6-9H2,1H3,(H2,16,19,20). The van der Waals surface area contributed by atoms with Crippen molar-refractivity contribution in [3.63, 3.8) is 0 Å². The van der Waals surface area contributed by atoms with Gasteiger partial charge in [-0.25, -0.2) is 19.7 Å². The number of ether oxygens (including phenoxy) is 1. The predicted octanol–water partition coefficient (Wildman–Crippen LogP) is 0.352. The van der Waals surface area contributed by atoms with Gasteiger partial charge in [0, 0.05) is 44.8 Å². The van der Waals surface area contributed by atoms with Crippen LogP contribution in [0.4, 0.5) is 17.7 Å². The van der Waals surface area contributed by atoms with Gasteiger partial charge in [0.15, 0.2) is 0 Å². The molecular formula is C15H19N7O2. The van der Waals surface area contributed by atoms with Crippen LogP contribution in [-0.4, -0.2) is 58.7 Å². The summed E-state index contributed by atoms with van der Waals surface area (Å²) in [5.74, 6) is 0.851. The molecule has 3 rings (SSSR count). The van der Waals surface area contributed by atoms with Gasteiger partial charge in [-0.05, 0) is 13.0 Å². The highest BCUT2D eigenvalue weighted by molar-refractivity contribution is 5.93. The molecule has 126 valence electrons. The Labute approximate surface area is 139 Å². The van der Waals surface area contributed by atoms with Crippen LogP contribution in [0.5, 0.6) is 0 Å². The van der Waals surface area contributed by atoms with Gasteiger partial charge in [-0.3, -0.25) is 0 Å². The van der Waals surface area contributed by atoms with E-state index in [1.807, 2.05) is 4.90 Å². The van der Waals surface area contributed by atoms with E-state index in [4.69, 9.17) is 10.5 Å². The van der Waals surface area contributed by atoms with Crippen molar-refractivity contribution in [2.45, 2.75) is 6.92 Å². The highest BCUT2D eigenvalue weighted by Crippen LogP contribution is 2.17. The molecule has 0 saturated carbocycles. The number of nitrogens with zero attached hydrogens (tertiary/aromatic N) is 6. The monoisotopic (exact) mass is 329 g/mol. The highest BCUT2D eigenvalue weighted by atomic mass is 16.5. The van der Waals surface area contributed by atoms with Crippen molar-refractivity contribution in [1.82, 2.24) is 19.9 Å². The minimum atomic E-state index is -0.507. The van der Waals surface area contributed by atoms with E-state index in [0.717, 1.165) is 32.1 Å². The van der Waals surface area contributed by atoms with Crippen molar-refractivity contribution >= 4 is 23.7 Å². The number of hydrogen-bond acceptors (Lipinski definition) is 9. The van der Waals surface area contributed by atoms with Crippen LogP contribution < -0.4 is 15.5 Å². The predicted molar refractivity (Wildman–Crippen MR) is 88.9 cm³/mol. The molecule has 9 nitrogen and oxygen atoms in total. The molecule has 0 amide bonds. The van der Waals surface area contributed by atoms with Crippen LogP contribution in [0.1, 0.15) is 17.3 Å². The molecule has 2 aromatic rings. The van der Waals surface area contributed by atoms with Gasteiger partial charge in [-0.1, -0.05) is 0 Å². The number of piperazine rings is 1. The van der Waals surface area contributed by atoms with Gasteiger partial charge < -0.3 is 20.3 Å². The van der Waals surface area contributed by atoms with Crippen LogP contribution in [-0.2, 0) is 4.74 Å². The molecule has 0 radical (unpaired) electrons. The van der Waals surface area contributed by atoms with Crippen LogP contribution in [0.15, 0.2) is 24.7 Å². The van der Waals surface area contributed by atoms with E-state index in [0.29, 0.717) is 5.95 Å². The number of nitrogen functional groups attached to an aromatic ring is 1. The number of carbonyl (C=O) groups excluding carboxylic acids is 1. The molecule has 2 aromatic heterocycles. The van der Waals surface area contributed by atoms with Crippen molar-refractivity contribution in [3.05, 3.63) is 30.2 Å². The molecule has 1 aliphatic heterocycles. The molecule has 3 heterocycles. The van der Waals surface area contributed by atoms with E-state index in [1.54, 1.807) is 25.4 Å². The van der Waals surface area contributed by atoms with E-state index in [-0.39, 0.29) is 18.0 Å². The van der Waals surface area contributed by atoms with Gasteiger partial charge in [0.1, 0.15) is 11.4 Å². The molecule has 1 aliphatic rings. The maximum absolute atomic E-state index is 11.7. The Hall–Kier alpha value is -2.97.